The maximum Gasteiger partial charge on any atom is 0.271 e. The summed E-state index contributed by atoms with van der Waals surface area (Å²) in [6, 6.07) is 11.0. The molecule has 0 bridgehead atoms. The van der Waals surface area contributed by atoms with Crippen LogP contribution >= 0.6 is 0 Å². The lowest BCUT2D eigenvalue weighted by atomic mass is 10.1. The number of unbranched alkanes of at least 4 members (excludes halogenated alkanes) is 1. The zero-order chi connectivity index (χ0) is 17.6. The second-order valence-electron chi connectivity index (χ2n) is 6.00. The van der Waals surface area contributed by atoms with Gasteiger partial charge in [0.2, 0.25) is 0 Å². The van der Waals surface area contributed by atoms with Gasteiger partial charge in [0.05, 0.1) is 0 Å². The Balaban J connectivity index is 1.62. The van der Waals surface area contributed by atoms with E-state index in [-0.39, 0.29) is 17.2 Å². The first-order valence-electron chi connectivity index (χ1n) is 8.60. The number of benzene rings is 1. The molecule has 1 aromatic carbocycles. The molecule has 2 heterocycles. The molecule has 3 aromatic rings. The molecule has 130 valence electrons. The average Bonchev–Trinajstić information content (AvgIpc) is 3.04. The van der Waals surface area contributed by atoms with Gasteiger partial charge in [0.1, 0.15) is 5.69 Å². The van der Waals surface area contributed by atoms with E-state index >= 15 is 0 Å². The molecule has 3 rings (SSSR count). The highest BCUT2D eigenvalue weighted by atomic mass is 16.2. The minimum atomic E-state index is -0.259. The second kappa shape index (κ2) is 7.79. The molecule has 6 heteroatoms. The molecule has 0 aliphatic carbocycles. The van der Waals surface area contributed by atoms with Crippen molar-refractivity contribution in [1.29, 1.82) is 0 Å². The van der Waals surface area contributed by atoms with E-state index in [2.05, 4.69) is 21.5 Å². The van der Waals surface area contributed by atoms with Crippen molar-refractivity contribution in [2.45, 2.75) is 32.7 Å². The quantitative estimate of drug-likeness (QED) is 0.694. The summed E-state index contributed by atoms with van der Waals surface area (Å²) in [5.41, 5.74) is 2.35. The first-order valence-corrected chi connectivity index (χ1v) is 8.60. The van der Waals surface area contributed by atoms with Gasteiger partial charge < -0.3 is 10.3 Å². The van der Waals surface area contributed by atoms with Crippen molar-refractivity contribution in [2.24, 2.45) is 0 Å². The molecule has 0 unspecified atom stereocenters. The van der Waals surface area contributed by atoms with Crippen LogP contribution in [-0.2, 0) is 13.0 Å². The van der Waals surface area contributed by atoms with E-state index in [1.165, 1.54) is 22.2 Å². The average molecular weight is 338 g/mol. The molecule has 0 spiro atoms. The number of hydrogen-bond donors (Lipinski definition) is 2. The van der Waals surface area contributed by atoms with Crippen LogP contribution in [0.1, 0.15) is 35.8 Å². The molecule has 0 saturated carbocycles. The van der Waals surface area contributed by atoms with Crippen LogP contribution in [0.2, 0.25) is 0 Å². The number of nitrogens with one attached hydrogen (secondary N) is 2. The lowest BCUT2D eigenvalue weighted by Crippen LogP contribution is -2.30. The Hall–Kier alpha value is -2.89. The topological polar surface area (TPSA) is 79.8 Å². The number of aromatic amines is 1. The predicted octanol–water partition coefficient (Wildman–Crippen LogP) is 2.50. The van der Waals surface area contributed by atoms with Crippen molar-refractivity contribution in [3.63, 3.8) is 0 Å². The number of aryl methyl sites for hydroxylation is 1. The summed E-state index contributed by atoms with van der Waals surface area (Å²) < 4.78 is 1.36. The number of nitrogens with zero attached hydrogens (tertiary/aromatic N) is 2. The van der Waals surface area contributed by atoms with Crippen molar-refractivity contribution in [1.82, 2.24) is 20.1 Å². The Kier molecular flexibility index (Phi) is 5.28. The summed E-state index contributed by atoms with van der Waals surface area (Å²) in [5, 5.41) is 8.20. The molecule has 6 nitrogen and oxygen atoms in total. The Bertz CT molecular complexity index is 926. The second-order valence-corrected chi connectivity index (χ2v) is 6.00. The number of fused-ring (bicyclic) bond motifs is 1. The van der Waals surface area contributed by atoms with Crippen molar-refractivity contribution in [3.05, 3.63) is 64.2 Å². The highest BCUT2D eigenvalue weighted by Gasteiger charge is 2.10. The van der Waals surface area contributed by atoms with Gasteiger partial charge in [-0.3, -0.25) is 9.59 Å². The molecule has 2 aromatic heterocycles. The van der Waals surface area contributed by atoms with Crippen LogP contribution in [0.5, 0.6) is 0 Å². The maximum atomic E-state index is 12.3. The molecule has 2 N–H and O–H groups in total. The number of rotatable bonds is 7. The van der Waals surface area contributed by atoms with Crippen LogP contribution in [-0.4, -0.2) is 27.2 Å². The zero-order valence-electron chi connectivity index (χ0n) is 14.3. The summed E-state index contributed by atoms with van der Waals surface area (Å²) >= 11 is 0. The van der Waals surface area contributed by atoms with Crippen LogP contribution < -0.4 is 10.9 Å². The Morgan fingerprint density at radius 1 is 1.24 bits per heavy atom. The number of amides is 1. The molecule has 25 heavy (non-hydrogen) atoms. The number of H-pyrrole nitrogens is 1. The van der Waals surface area contributed by atoms with E-state index in [1.54, 1.807) is 0 Å². The lowest BCUT2D eigenvalue weighted by molar-refractivity contribution is 0.0946. The zero-order valence-corrected chi connectivity index (χ0v) is 14.3. The minimum absolute atomic E-state index is 0.177. The van der Waals surface area contributed by atoms with Crippen LogP contribution in [0.25, 0.3) is 10.9 Å². The summed E-state index contributed by atoms with van der Waals surface area (Å²) in [6.07, 6.45) is 4.53. The van der Waals surface area contributed by atoms with Crippen LogP contribution in [0.3, 0.4) is 0 Å². The fourth-order valence-electron chi connectivity index (χ4n) is 2.78. The summed E-state index contributed by atoms with van der Waals surface area (Å²) in [4.78, 5) is 27.3. The fraction of sp³-hybridized carbons (Fsp3) is 0.316. The van der Waals surface area contributed by atoms with E-state index < -0.39 is 0 Å². The minimum Gasteiger partial charge on any atom is -0.361 e. The molecule has 0 saturated heterocycles. The SMILES string of the molecule is CCCCn1nc(C(=O)NCCc2c[nH]c3ccccc23)ccc1=O. The van der Waals surface area contributed by atoms with Gasteiger partial charge in [0, 0.05) is 36.3 Å². The number of carbonyl (C=O) groups excluding carboxylic acids is 1. The summed E-state index contributed by atoms with van der Waals surface area (Å²) in [7, 11) is 0. The van der Waals surface area contributed by atoms with Crippen molar-refractivity contribution >= 4 is 16.8 Å². The largest absolute Gasteiger partial charge is 0.361 e. The third kappa shape index (κ3) is 3.96. The highest BCUT2D eigenvalue weighted by molar-refractivity contribution is 5.92. The number of aromatic nitrogens is 3. The van der Waals surface area contributed by atoms with Gasteiger partial charge in [-0.15, -0.1) is 0 Å². The highest BCUT2D eigenvalue weighted by Crippen LogP contribution is 2.17. The van der Waals surface area contributed by atoms with E-state index in [0.717, 1.165) is 30.3 Å². The van der Waals surface area contributed by atoms with Crippen LogP contribution in [0.4, 0.5) is 0 Å². The maximum absolute atomic E-state index is 12.3. The lowest BCUT2D eigenvalue weighted by Gasteiger charge is -2.07. The van der Waals surface area contributed by atoms with Gasteiger partial charge in [-0.05, 0) is 30.5 Å². The number of hydrogen-bond acceptors (Lipinski definition) is 3. The van der Waals surface area contributed by atoms with Crippen molar-refractivity contribution in [2.75, 3.05) is 6.54 Å². The Morgan fingerprint density at radius 3 is 2.92 bits per heavy atom. The normalized spacial score (nSPS) is 10.9. The third-order valence-electron chi connectivity index (χ3n) is 4.18. The van der Waals surface area contributed by atoms with Crippen LogP contribution in [0.15, 0.2) is 47.4 Å². The molecule has 0 radical (unpaired) electrons. The number of carbonyl (C=O) groups is 1. The van der Waals surface area contributed by atoms with Gasteiger partial charge in [0.25, 0.3) is 11.5 Å². The van der Waals surface area contributed by atoms with E-state index in [0.29, 0.717) is 13.1 Å². The van der Waals surface area contributed by atoms with Crippen molar-refractivity contribution < 1.29 is 4.79 Å². The Morgan fingerprint density at radius 2 is 2.08 bits per heavy atom. The van der Waals surface area contributed by atoms with Gasteiger partial charge in [-0.25, -0.2) is 4.68 Å². The monoisotopic (exact) mass is 338 g/mol. The first-order chi connectivity index (χ1) is 12.2. The molecule has 0 atom stereocenters. The van der Waals surface area contributed by atoms with Gasteiger partial charge in [-0.2, -0.15) is 5.10 Å². The number of para-hydroxylation sites is 1. The summed E-state index contributed by atoms with van der Waals surface area (Å²) in [5.74, 6) is -0.259. The summed E-state index contributed by atoms with van der Waals surface area (Å²) in [6.45, 7) is 3.09. The standard InChI is InChI=1S/C19H22N4O2/c1-2-3-12-23-18(24)9-8-17(22-23)19(25)20-11-10-14-13-21-16-7-5-4-6-15(14)16/h4-9,13,21H,2-3,10-12H2,1H3,(H,20,25). The molecule has 0 aliphatic heterocycles. The van der Waals surface area contributed by atoms with Crippen LogP contribution in [0, 0.1) is 0 Å². The smallest absolute Gasteiger partial charge is 0.271 e. The van der Waals surface area contributed by atoms with E-state index in [9.17, 15) is 9.59 Å². The molecule has 1 amide bonds. The van der Waals surface area contributed by atoms with Gasteiger partial charge >= 0.3 is 0 Å². The van der Waals surface area contributed by atoms with E-state index in [1.807, 2.05) is 31.3 Å². The first kappa shape index (κ1) is 17.0. The molecule has 0 aliphatic rings. The fourth-order valence-corrected chi connectivity index (χ4v) is 2.78. The van der Waals surface area contributed by atoms with Crippen molar-refractivity contribution in [3.8, 4) is 0 Å². The third-order valence-corrected chi connectivity index (χ3v) is 4.18. The molecular formula is C19H22N4O2. The van der Waals surface area contributed by atoms with Gasteiger partial charge in [-0.1, -0.05) is 31.5 Å². The van der Waals surface area contributed by atoms with Gasteiger partial charge in [0.15, 0.2) is 0 Å². The molecular weight excluding hydrogens is 316 g/mol. The molecule has 0 fully saturated rings. The predicted molar refractivity (Wildman–Crippen MR) is 97.7 cm³/mol. The van der Waals surface area contributed by atoms with E-state index in [4.69, 9.17) is 0 Å². The Labute approximate surface area is 145 Å².